The molecule has 1 heterocycles. The van der Waals surface area contributed by atoms with Gasteiger partial charge in [-0.2, -0.15) is 0 Å². The van der Waals surface area contributed by atoms with Gasteiger partial charge in [0.25, 0.3) is 0 Å². The summed E-state index contributed by atoms with van der Waals surface area (Å²) in [6.45, 7) is 0. The van der Waals surface area contributed by atoms with Gasteiger partial charge in [0, 0.05) is 18.4 Å². The second kappa shape index (κ2) is 4.56. The summed E-state index contributed by atoms with van der Waals surface area (Å²) < 4.78 is 0. The zero-order chi connectivity index (χ0) is 9.80. The van der Waals surface area contributed by atoms with E-state index in [-0.39, 0.29) is 0 Å². The fourth-order valence-corrected chi connectivity index (χ4v) is 1.80. The van der Waals surface area contributed by atoms with Crippen LogP contribution in [-0.2, 0) is 6.42 Å². The van der Waals surface area contributed by atoms with Crippen molar-refractivity contribution in [2.24, 2.45) is 11.7 Å². The van der Waals surface area contributed by atoms with Gasteiger partial charge in [-0.1, -0.05) is 18.9 Å². The monoisotopic (exact) mass is 190 g/mol. The van der Waals surface area contributed by atoms with E-state index < -0.39 is 0 Å². The molecular formula is C12H18N2. The Kier molecular flexibility index (Phi) is 3.14. The van der Waals surface area contributed by atoms with Crippen LogP contribution in [0.25, 0.3) is 0 Å². The summed E-state index contributed by atoms with van der Waals surface area (Å²) in [5.74, 6) is 0.943. The Morgan fingerprint density at radius 2 is 2.36 bits per heavy atom. The molecule has 1 aromatic rings. The minimum Gasteiger partial charge on any atom is -0.328 e. The van der Waals surface area contributed by atoms with Crippen LogP contribution in [0.1, 0.15) is 31.2 Å². The van der Waals surface area contributed by atoms with Gasteiger partial charge in [-0.05, 0) is 36.8 Å². The Morgan fingerprint density at radius 1 is 1.50 bits per heavy atom. The van der Waals surface area contributed by atoms with Gasteiger partial charge in [-0.15, -0.1) is 0 Å². The summed E-state index contributed by atoms with van der Waals surface area (Å²) in [7, 11) is 0. The number of hydrogen-bond donors (Lipinski definition) is 1. The Morgan fingerprint density at radius 3 is 3.00 bits per heavy atom. The van der Waals surface area contributed by atoms with Crippen molar-refractivity contribution in [3.63, 3.8) is 0 Å². The lowest BCUT2D eigenvalue weighted by Gasteiger charge is -2.09. The molecule has 1 aromatic heterocycles. The smallest absolute Gasteiger partial charge is 0.0299 e. The zero-order valence-corrected chi connectivity index (χ0v) is 8.52. The topological polar surface area (TPSA) is 38.9 Å². The third kappa shape index (κ3) is 3.11. The third-order valence-corrected chi connectivity index (χ3v) is 2.86. The molecule has 0 radical (unpaired) electrons. The van der Waals surface area contributed by atoms with E-state index in [1.165, 1.54) is 24.8 Å². The molecule has 0 spiro atoms. The van der Waals surface area contributed by atoms with Crippen molar-refractivity contribution < 1.29 is 0 Å². The van der Waals surface area contributed by atoms with E-state index in [2.05, 4.69) is 11.1 Å². The molecule has 0 amide bonds. The fraction of sp³-hybridized carbons (Fsp3) is 0.583. The second-order valence-corrected chi connectivity index (χ2v) is 4.34. The molecule has 0 saturated heterocycles. The molecule has 14 heavy (non-hydrogen) atoms. The van der Waals surface area contributed by atoms with Gasteiger partial charge >= 0.3 is 0 Å². The van der Waals surface area contributed by atoms with Crippen LogP contribution in [0.2, 0.25) is 0 Å². The minimum absolute atomic E-state index is 0.391. The molecule has 1 aliphatic rings. The maximum absolute atomic E-state index is 6.04. The number of pyridine rings is 1. The average Bonchev–Trinajstić information content (AvgIpc) is 3.00. The number of hydrogen-bond acceptors (Lipinski definition) is 2. The van der Waals surface area contributed by atoms with E-state index in [1.54, 1.807) is 0 Å². The Bertz CT molecular complexity index is 267. The maximum Gasteiger partial charge on any atom is 0.0299 e. The molecule has 1 saturated carbocycles. The van der Waals surface area contributed by atoms with E-state index in [1.807, 2.05) is 18.5 Å². The number of aryl methyl sites for hydroxylation is 1. The molecule has 2 N–H and O–H groups in total. The van der Waals surface area contributed by atoms with Crippen LogP contribution < -0.4 is 5.73 Å². The molecule has 1 unspecified atom stereocenters. The first kappa shape index (κ1) is 9.66. The summed E-state index contributed by atoms with van der Waals surface area (Å²) in [5.41, 5.74) is 7.35. The van der Waals surface area contributed by atoms with Gasteiger partial charge in [0.1, 0.15) is 0 Å². The third-order valence-electron chi connectivity index (χ3n) is 2.86. The maximum atomic E-state index is 6.04. The lowest BCUT2D eigenvalue weighted by molar-refractivity contribution is 0.533. The quantitative estimate of drug-likeness (QED) is 0.772. The van der Waals surface area contributed by atoms with Gasteiger partial charge in [-0.3, -0.25) is 4.98 Å². The first-order chi connectivity index (χ1) is 6.84. The molecule has 0 aliphatic heterocycles. The number of aromatic nitrogens is 1. The highest BCUT2D eigenvalue weighted by atomic mass is 14.6. The highest BCUT2D eigenvalue weighted by molar-refractivity contribution is 5.08. The van der Waals surface area contributed by atoms with Crippen molar-refractivity contribution in [2.45, 2.75) is 38.1 Å². The second-order valence-electron chi connectivity index (χ2n) is 4.34. The summed E-state index contributed by atoms with van der Waals surface area (Å²) in [5, 5.41) is 0. The minimum atomic E-state index is 0.391. The number of nitrogens with zero attached hydrogens (tertiary/aromatic N) is 1. The molecular weight excluding hydrogens is 172 g/mol. The Hall–Kier alpha value is -0.890. The lowest BCUT2D eigenvalue weighted by atomic mass is 10.0. The Labute approximate surface area is 85.5 Å². The summed E-state index contributed by atoms with van der Waals surface area (Å²) >= 11 is 0. The molecule has 2 nitrogen and oxygen atoms in total. The van der Waals surface area contributed by atoms with E-state index in [9.17, 15) is 0 Å². The summed E-state index contributed by atoms with van der Waals surface area (Å²) in [6.07, 6.45) is 9.95. The molecule has 2 rings (SSSR count). The van der Waals surface area contributed by atoms with E-state index in [4.69, 9.17) is 5.73 Å². The van der Waals surface area contributed by atoms with Crippen LogP contribution in [-0.4, -0.2) is 11.0 Å². The molecule has 1 atom stereocenters. The predicted octanol–water partition coefficient (Wildman–Crippen LogP) is 2.14. The van der Waals surface area contributed by atoms with Crippen molar-refractivity contribution in [3.05, 3.63) is 30.1 Å². The van der Waals surface area contributed by atoms with Crippen LogP contribution in [0.4, 0.5) is 0 Å². The van der Waals surface area contributed by atoms with Gasteiger partial charge < -0.3 is 5.73 Å². The fourth-order valence-electron chi connectivity index (χ4n) is 1.80. The molecule has 0 aromatic carbocycles. The SMILES string of the molecule is NC(CCc1cccnc1)CC1CC1. The van der Waals surface area contributed by atoms with Crippen molar-refractivity contribution in [3.8, 4) is 0 Å². The first-order valence-corrected chi connectivity index (χ1v) is 5.49. The van der Waals surface area contributed by atoms with Gasteiger partial charge in [0.15, 0.2) is 0 Å². The van der Waals surface area contributed by atoms with E-state index in [0.29, 0.717) is 6.04 Å². The Balaban J connectivity index is 1.70. The molecule has 1 fully saturated rings. The van der Waals surface area contributed by atoms with E-state index >= 15 is 0 Å². The van der Waals surface area contributed by atoms with Gasteiger partial charge in [0.2, 0.25) is 0 Å². The lowest BCUT2D eigenvalue weighted by Crippen LogP contribution is -2.21. The van der Waals surface area contributed by atoms with Crippen LogP contribution >= 0.6 is 0 Å². The van der Waals surface area contributed by atoms with Crippen molar-refractivity contribution in [2.75, 3.05) is 0 Å². The predicted molar refractivity (Wildman–Crippen MR) is 57.9 cm³/mol. The normalized spacial score (nSPS) is 18.1. The van der Waals surface area contributed by atoms with E-state index in [0.717, 1.165) is 18.8 Å². The molecule has 76 valence electrons. The van der Waals surface area contributed by atoms with Crippen molar-refractivity contribution >= 4 is 0 Å². The summed E-state index contributed by atoms with van der Waals surface area (Å²) in [4.78, 5) is 4.10. The number of rotatable bonds is 5. The van der Waals surface area contributed by atoms with Crippen molar-refractivity contribution in [1.82, 2.24) is 4.98 Å². The van der Waals surface area contributed by atoms with Crippen LogP contribution in [0, 0.1) is 5.92 Å². The van der Waals surface area contributed by atoms with Crippen LogP contribution in [0.5, 0.6) is 0 Å². The zero-order valence-electron chi connectivity index (χ0n) is 8.52. The molecule has 2 heteroatoms. The van der Waals surface area contributed by atoms with Crippen LogP contribution in [0.15, 0.2) is 24.5 Å². The highest BCUT2D eigenvalue weighted by Crippen LogP contribution is 2.33. The highest BCUT2D eigenvalue weighted by Gasteiger charge is 2.23. The number of nitrogens with two attached hydrogens (primary N) is 1. The van der Waals surface area contributed by atoms with Crippen molar-refractivity contribution in [1.29, 1.82) is 0 Å². The molecule has 0 bridgehead atoms. The first-order valence-electron chi connectivity index (χ1n) is 5.49. The molecule has 1 aliphatic carbocycles. The average molecular weight is 190 g/mol. The van der Waals surface area contributed by atoms with Crippen LogP contribution in [0.3, 0.4) is 0 Å². The van der Waals surface area contributed by atoms with Gasteiger partial charge in [-0.25, -0.2) is 0 Å². The van der Waals surface area contributed by atoms with Gasteiger partial charge in [0.05, 0.1) is 0 Å². The largest absolute Gasteiger partial charge is 0.328 e. The standard InChI is InChI=1S/C12H18N2/c13-12(8-10-3-4-10)6-5-11-2-1-7-14-9-11/h1-2,7,9-10,12H,3-6,8,13H2. The summed E-state index contributed by atoms with van der Waals surface area (Å²) in [6, 6.07) is 4.50.